The van der Waals surface area contributed by atoms with E-state index in [1.54, 1.807) is 30.3 Å². The van der Waals surface area contributed by atoms with Crippen LogP contribution in [0, 0.1) is 6.92 Å². The molecule has 0 saturated heterocycles. The Morgan fingerprint density at radius 2 is 1.42 bits per heavy atom. The molecular formula is C36H41N3O8S. The van der Waals surface area contributed by atoms with Gasteiger partial charge in [0.15, 0.2) is 0 Å². The van der Waals surface area contributed by atoms with Crippen molar-refractivity contribution >= 4 is 33.3 Å². The monoisotopic (exact) mass is 675 g/mol. The van der Waals surface area contributed by atoms with Gasteiger partial charge in [0.25, 0.3) is 0 Å². The molecule has 0 bridgehead atoms. The van der Waals surface area contributed by atoms with E-state index in [9.17, 15) is 18.0 Å². The van der Waals surface area contributed by atoms with Crippen LogP contribution < -0.4 is 24.4 Å². The zero-order valence-electron chi connectivity index (χ0n) is 27.0. The fourth-order valence-corrected chi connectivity index (χ4v) is 5.58. The molecule has 48 heavy (non-hydrogen) atoms. The number of sulfonamides is 1. The van der Waals surface area contributed by atoms with Crippen LogP contribution in [0.25, 0.3) is 0 Å². The summed E-state index contributed by atoms with van der Waals surface area (Å²) in [5, 5.41) is 20.2. The van der Waals surface area contributed by atoms with Crippen molar-refractivity contribution < 1.29 is 37.7 Å². The van der Waals surface area contributed by atoms with Crippen LogP contribution in [-0.4, -0.2) is 56.0 Å². The van der Waals surface area contributed by atoms with E-state index in [-0.39, 0.29) is 6.42 Å². The van der Waals surface area contributed by atoms with Crippen LogP contribution in [-0.2, 0) is 32.7 Å². The molecule has 0 radical (unpaired) electrons. The average molecular weight is 676 g/mol. The maximum absolute atomic E-state index is 12.0. The third-order valence-corrected chi connectivity index (χ3v) is 7.99. The highest BCUT2D eigenvalue weighted by Gasteiger charge is 2.18. The standard InChI is InChI=1S/C36H41N3O8S/c1-26-32(38-48(2,44)45)11-8-12-34(26)39(23-27-9-4-3-5-10-27)24-28-14-16-30(17-15-28)47-31-20-18-29(19-21-31)46-22-7-6-13-35(41)37-33(25-40)36(42)43/h3-5,8-12,14-21,33,38,40H,6-7,13,22-25H2,1-2H3,(H,37,41)(H,42,43)/t33-/m0/s1. The lowest BCUT2D eigenvalue weighted by molar-refractivity contribution is -0.142. The number of aliphatic hydroxyl groups excluding tert-OH is 1. The second kappa shape index (κ2) is 17.2. The Kier molecular flexibility index (Phi) is 12.8. The molecule has 0 aliphatic heterocycles. The summed E-state index contributed by atoms with van der Waals surface area (Å²) < 4.78 is 38.3. The molecule has 0 aromatic heterocycles. The van der Waals surface area contributed by atoms with Gasteiger partial charge in [0.1, 0.15) is 23.3 Å². The molecular weight excluding hydrogens is 634 g/mol. The van der Waals surface area contributed by atoms with Gasteiger partial charge in [-0.2, -0.15) is 0 Å². The van der Waals surface area contributed by atoms with Crippen molar-refractivity contribution in [1.82, 2.24) is 5.32 Å². The average Bonchev–Trinajstić information content (AvgIpc) is 3.05. The number of nitrogens with one attached hydrogen (secondary N) is 2. The van der Waals surface area contributed by atoms with Crippen LogP contribution in [0.1, 0.15) is 36.0 Å². The molecule has 0 heterocycles. The number of aliphatic hydroxyl groups is 1. The van der Waals surface area contributed by atoms with Crippen molar-refractivity contribution in [2.24, 2.45) is 0 Å². The third-order valence-electron chi connectivity index (χ3n) is 7.40. The summed E-state index contributed by atoms with van der Waals surface area (Å²) >= 11 is 0. The summed E-state index contributed by atoms with van der Waals surface area (Å²) in [6, 6.07) is 29.4. The number of carbonyl (C=O) groups is 2. The molecule has 4 N–H and O–H groups in total. The van der Waals surface area contributed by atoms with E-state index in [0.29, 0.717) is 55.5 Å². The van der Waals surface area contributed by atoms with E-state index in [0.717, 1.165) is 28.6 Å². The molecule has 0 aliphatic carbocycles. The largest absolute Gasteiger partial charge is 0.494 e. The Hall–Kier alpha value is -5.07. The van der Waals surface area contributed by atoms with Gasteiger partial charge in [-0.15, -0.1) is 0 Å². The Morgan fingerprint density at radius 1 is 0.812 bits per heavy atom. The molecule has 4 aromatic carbocycles. The minimum atomic E-state index is -3.43. The van der Waals surface area contributed by atoms with Crippen molar-refractivity contribution in [3.63, 3.8) is 0 Å². The van der Waals surface area contributed by atoms with Gasteiger partial charge in [0.2, 0.25) is 15.9 Å². The molecule has 0 spiro atoms. The Labute approximate surface area is 281 Å². The van der Waals surface area contributed by atoms with Crippen molar-refractivity contribution in [1.29, 1.82) is 0 Å². The molecule has 4 aromatic rings. The molecule has 1 atom stereocenters. The van der Waals surface area contributed by atoms with Crippen LogP contribution in [0.15, 0.2) is 97.1 Å². The van der Waals surface area contributed by atoms with Crippen molar-refractivity contribution in [2.45, 2.75) is 45.3 Å². The molecule has 12 heteroatoms. The number of nitrogens with zero attached hydrogens (tertiary/aromatic N) is 1. The van der Waals surface area contributed by atoms with Crippen LogP contribution in [0.2, 0.25) is 0 Å². The minimum absolute atomic E-state index is 0.138. The van der Waals surface area contributed by atoms with E-state index < -0.39 is 34.5 Å². The van der Waals surface area contributed by atoms with Crippen LogP contribution in [0.4, 0.5) is 11.4 Å². The molecule has 11 nitrogen and oxygen atoms in total. The number of amides is 1. The zero-order valence-corrected chi connectivity index (χ0v) is 27.8. The van der Waals surface area contributed by atoms with Gasteiger partial charge in [0.05, 0.1) is 25.2 Å². The van der Waals surface area contributed by atoms with Gasteiger partial charge in [-0.25, -0.2) is 13.2 Å². The van der Waals surface area contributed by atoms with E-state index in [2.05, 4.69) is 27.1 Å². The number of ether oxygens (including phenoxy) is 2. The summed E-state index contributed by atoms with van der Waals surface area (Å²) in [4.78, 5) is 24.9. The van der Waals surface area contributed by atoms with Crippen LogP contribution in [0.3, 0.4) is 0 Å². The van der Waals surface area contributed by atoms with Crippen molar-refractivity contribution in [2.75, 3.05) is 29.1 Å². The van der Waals surface area contributed by atoms with E-state index in [4.69, 9.17) is 19.7 Å². The van der Waals surface area contributed by atoms with Gasteiger partial charge in [-0.05, 0) is 85.0 Å². The summed E-state index contributed by atoms with van der Waals surface area (Å²) in [5.41, 5.74) is 4.49. The molecule has 4 rings (SSSR count). The smallest absolute Gasteiger partial charge is 0.328 e. The first-order chi connectivity index (χ1) is 23.0. The van der Waals surface area contributed by atoms with Gasteiger partial charge < -0.3 is 29.9 Å². The van der Waals surface area contributed by atoms with E-state index >= 15 is 0 Å². The lowest BCUT2D eigenvalue weighted by Crippen LogP contribution is -2.43. The minimum Gasteiger partial charge on any atom is -0.494 e. The fourth-order valence-electron chi connectivity index (χ4n) is 4.96. The molecule has 0 unspecified atom stereocenters. The van der Waals surface area contributed by atoms with Crippen LogP contribution >= 0.6 is 0 Å². The number of rotatable bonds is 18. The topological polar surface area (TPSA) is 154 Å². The predicted octanol–water partition coefficient (Wildman–Crippen LogP) is 5.48. The van der Waals surface area contributed by atoms with E-state index in [1.807, 2.05) is 61.5 Å². The fraction of sp³-hybridized carbons (Fsp3) is 0.278. The number of hydrogen-bond acceptors (Lipinski definition) is 8. The summed E-state index contributed by atoms with van der Waals surface area (Å²) in [7, 11) is -3.43. The highest BCUT2D eigenvalue weighted by Crippen LogP contribution is 2.31. The first-order valence-electron chi connectivity index (χ1n) is 15.5. The molecule has 0 fully saturated rings. The van der Waals surface area contributed by atoms with Gasteiger partial charge in [0, 0.05) is 25.2 Å². The lowest BCUT2D eigenvalue weighted by atomic mass is 10.1. The first-order valence-corrected chi connectivity index (χ1v) is 17.4. The maximum Gasteiger partial charge on any atom is 0.328 e. The number of carboxylic acid groups (broad SMARTS) is 1. The predicted molar refractivity (Wildman–Crippen MR) is 185 cm³/mol. The number of carbonyl (C=O) groups excluding carboxylic acids is 1. The summed E-state index contributed by atoms with van der Waals surface area (Å²) in [6.45, 7) is 2.85. The number of aliphatic carboxylic acids is 1. The van der Waals surface area contributed by atoms with E-state index in [1.165, 1.54) is 0 Å². The van der Waals surface area contributed by atoms with Gasteiger partial charge in [-0.3, -0.25) is 9.52 Å². The summed E-state index contributed by atoms with van der Waals surface area (Å²) in [5.74, 6) is 0.251. The van der Waals surface area contributed by atoms with Gasteiger partial charge >= 0.3 is 5.97 Å². The number of benzene rings is 4. The quantitative estimate of drug-likeness (QED) is 0.100. The number of hydrogen-bond donors (Lipinski definition) is 4. The number of unbranched alkanes of at least 4 members (excludes halogenated alkanes) is 1. The zero-order chi connectivity index (χ0) is 34.5. The van der Waals surface area contributed by atoms with Crippen molar-refractivity contribution in [3.05, 3.63) is 114 Å². The first kappa shape index (κ1) is 35.8. The Morgan fingerprint density at radius 3 is 2.02 bits per heavy atom. The van der Waals surface area contributed by atoms with Gasteiger partial charge in [-0.1, -0.05) is 48.5 Å². The third kappa shape index (κ3) is 11.3. The molecule has 0 aliphatic rings. The maximum atomic E-state index is 12.0. The Balaban J connectivity index is 1.32. The second-order valence-electron chi connectivity index (χ2n) is 11.3. The number of anilines is 2. The molecule has 1 amide bonds. The second-order valence-corrected chi connectivity index (χ2v) is 13.1. The van der Waals surface area contributed by atoms with Crippen molar-refractivity contribution in [3.8, 4) is 17.2 Å². The number of carboxylic acids is 1. The molecule has 254 valence electrons. The Bertz CT molecular complexity index is 1750. The lowest BCUT2D eigenvalue weighted by Gasteiger charge is -2.28. The highest BCUT2D eigenvalue weighted by atomic mass is 32.2. The highest BCUT2D eigenvalue weighted by molar-refractivity contribution is 7.92. The van der Waals surface area contributed by atoms with Crippen LogP contribution in [0.5, 0.6) is 17.2 Å². The summed E-state index contributed by atoms with van der Waals surface area (Å²) in [6.07, 6.45) is 2.39. The normalized spacial score (nSPS) is 11.7. The molecule has 0 saturated carbocycles. The SMILES string of the molecule is Cc1c(NS(C)(=O)=O)cccc1N(Cc1ccccc1)Cc1ccc(Oc2ccc(OCCCCC(=O)N[C@@H](CO)C(=O)O)cc2)cc1.